The molecule has 0 saturated carbocycles. The Bertz CT molecular complexity index is 465. The van der Waals surface area contributed by atoms with Gasteiger partial charge < -0.3 is 15.2 Å². The van der Waals surface area contributed by atoms with Gasteiger partial charge in [-0.2, -0.15) is 0 Å². The van der Waals surface area contributed by atoms with E-state index in [0.717, 1.165) is 5.69 Å². The molecule has 1 heterocycles. The van der Waals surface area contributed by atoms with Gasteiger partial charge in [0.2, 0.25) is 10.0 Å². The average Bonchev–Trinajstić information content (AvgIpc) is 2.59. The van der Waals surface area contributed by atoms with Crippen molar-refractivity contribution in [2.24, 2.45) is 12.8 Å². The molecule has 0 aromatic carbocycles. The smallest absolute Gasteiger partial charge is 0.242 e. The molecule has 0 radical (unpaired) electrons. The number of aromatic nitrogens is 1. The predicted molar refractivity (Wildman–Crippen MR) is 67.0 cm³/mol. The molecule has 3 N–H and O–H groups in total. The maximum absolute atomic E-state index is 11.9. The molecule has 0 aliphatic rings. The fraction of sp³-hybridized carbons (Fsp3) is 0.600. The van der Waals surface area contributed by atoms with Crippen LogP contribution in [0.15, 0.2) is 17.2 Å². The van der Waals surface area contributed by atoms with Gasteiger partial charge in [0.25, 0.3) is 0 Å². The maximum Gasteiger partial charge on any atom is 0.242 e. The van der Waals surface area contributed by atoms with Crippen LogP contribution >= 0.6 is 0 Å². The van der Waals surface area contributed by atoms with E-state index < -0.39 is 10.0 Å². The van der Waals surface area contributed by atoms with Crippen LogP contribution in [0.3, 0.4) is 0 Å². The number of hydrogen-bond donors (Lipinski definition) is 2. The molecular weight excluding hydrogens is 240 g/mol. The highest BCUT2D eigenvalue weighted by Crippen LogP contribution is 2.12. The quantitative estimate of drug-likeness (QED) is 0.710. The van der Waals surface area contributed by atoms with E-state index in [2.05, 4.69) is 4.72 Å². The lowest BCUT2D eigenvalue weighted by molar-refractivity contribution is 0.412. The molecule has 0 amide bonds. The van der Waals surface area contributed by atoms with Crippen LogP contribution in [0, 0.1) is 0 Å². The van der Waals surface area contributed by atoms with Crippen LogP contribution in [0.5, 0.6) is 0 Å². The zero-order valence-corrected chi connectivity index (χ0v) is 11.3. The van der Waals surface area contributed by atoms with E-state index in [0.29, 0.717) is 19.6 Å². The van der Waals surface area contributed by atoms with Crippen molar-refractivity contribution < 1.29 is 8.42 Å². The minimum atomic E-state index is -3.42. The third-order valence-corrected chi connectivity index (χ3v) is 3.88. The molecule has 6 nitrogen and oxygen atoms in total. The topological polar surface area (TPSA) is 80.4 Å². The van der Waals surface area contributed by atoms with Crippen LogP contribution < -0.4 is 10.5 Å². The number of nitrogens with one attached hydrogen (secondary N) is 1. The number of nitrogens with two attached hydrogens (primary N) is 1. The van der Waals surface area contributed by atoms with Crippen molar-refractivity contribution in [3.8, 4) is 0 Å². The van der Waals surface area contributed by atoms with Gasteiger partial charge in [0.05, 0.1) is 4.90 Å². The minimum absolute atomic E-state index is 0.263. The number of sulfonamides is 1. The Kier molecular flexibility index (Phi) is 4.70. The number of rotatable bonds is 6. The number of aryl methyl sites for hydroxylation is 1. The Balaban J connectivity index is 2.75. The van der Waals surface area contributed by atoms with Crippen LogP contribution in [0.2, 0.25) is 0 Å². The third kappa shape index (κ3) is 3.81. The average molecular weight is 260 g/mol. The van der Waals surface area contributed by atoms with Gasteiger partial charge in [0, 0.05) is 38.6 Å². The monoisotopic (exact) mass is 260 g/mol. The Morgan fingerprint density at radius 1 is 1.47 bits per heavy atom. The lowest BCUT2D eigenvalue weighted by atomic mass is 10.4. The van der Waals surface area contributed by atoms with Gasteiger partial charge in [-0.05, 0) is 20.2 Å². The largest absolute Gasteiger partial charge is 0.352 e. The molecule has 17 heavy (non-hydrogen) atoms. The zero-order chi connectivity index (χ0) is 13.1. The second kappa shape index (κ2) is 5.63. The summed E-state index contributed by atoms with van der Waals surface area (Å²) in [5, 5.41) is 0. The first-order valence-corrected chi connectivity index (χ1v) is 6.85. The molecule has 0 aliphatic carbocycles. The first kappa shape index (κ1) is 14.2. The van der Waals surface area contributed by atoms with E-state index in [1.165, 1.54) is 0 Å². The standard InChI is InChI=1S/C10H20N4O2S/c1-13(2)5-4-12-17(15,16)10-6-9(7-11)14(3)8-10/h6,8,12H,4-5,7,11H2,1-3H3. The summed E-state index contributed by atoms with van der Waals surface area (Å²) in [6, 6.07) is 1.60. The Morgan fingerprint density at radius 3 is 2.59 bits per heavy atom. The van der Waals surface area contributed by atoms with E-state index in [9.17, 15) is 8.42 Å². The molecule has 7 heteroatoms. The maximum atomic E-state index is 11.9. The lowest BCUT2D eigenvalue weighted by Gasteiger charge is -2.09. The summed E-state index contributed by atoms with van der Waals surface area (Å²) in [6.45, 7) is 1.38. The first-order chi connectivity index (χ1) is 7.86. The van der Waals surface area contributed by atoms with Crippen molar-refractivity contribution in [1.82, 2.24) is 14.2 Å². The molecule has 1 rings (SSSR count). The first-order valence-electron chi connectivity index (χ1n) is 5.36. The highest BCUT2D eigenvalue weighted by Gasteiger charge is 2.16. The minimum Gasteiger partial charge on any atom is -0.352 e. The van der Waals surface area contributed by atoms with Crippen molar-refractivity contribution >= 4 is 10.0 Å². The summed E-state index contributed by atoms with van der Waals surface area (Å²) in [5.41, 5.74) is 6.29. The van der Waals surface area contributed by atoms with Crippen LogP contribution in [0.1, 0.15) is 5.69 Å². The molecule has 0 aliphatic heterocycles. The van der Waals surface area contributed by atoms with Crippen LogP contribution in [-0.4, -0.2) is 45.1 Å². The van der Waals surface area contributed by atoms with Crippen molar-refractivity contribution in [2.75, 3.05) is 27.2 Å². The Hall–Kier alpha value is -0.890. The fourth-order valence-corrected chi connectivity index (χ4v) is 2.53. The second-order valence-corrected chi connectivity index (χ2v) is 5.95. The van der Waals surface area contributed by atoms with Gasteiger partial charge in [-0.25, -0.2) is 13.1 Å². The summed E-state index contributed by atoms with van der Waals surface area (Å²) in [7, 11) is 2.14. The SMILES string of the molecule is CN(C)CCNS(=O)(=O)c1cc(CN)n(C)c1. The van der Waals surface area contributed by atoms with E-state index in [4.69, 9.17) is 5.73 Å². The van der Waals surface area contributed by atoms with Gasteiger partial charge in [0.1, 0.15) is 0 Å². The molecule has 0 atom stereocenters. The molecule has 0 unspecified atom stereocenters. The van der Waals surface area contributed by atoms with Crippen LogP contribution in [0.4, 0.5) is 0 Å². The number of hydrogen-bond acceptors (Lipinski definition) is 4. The molecule has 0 bridgehead atoms. The van der Waals surface area contributed by atoms with E-state index in [1.807, 2.05) is 19.0 Å². The summed E-state index contributed by atoms with van der Waals surface area (Å²) in [4.78, 5) is 2.18. The molecular formula is C10H20N4O2S. The van der Waals surface area contributed by atoms with Crippen molar-refractivity contribution in [3.63, 3.8) is 0 Å². The number of nitrogens with zero attached hydrogens (tertiary/aromatic N) is 2. The van der Waals surface area contributed by atoms with Gasteiger partial charge in [-0.1, -0.05) is 0 Å². The summed E-state index contributed by atoms with van der Waals surface area (Å²) >= 11 is 0. The second-order valence-electron chi connectivity index (χ2n) is 4.18. The van der Waals surface area contributed by atoms with E-state index >= 15 is 0 Å². The van der Waals surface area contributed by atoms with Gasteiger partial charge >= 0.3 is 0 Å². The van der Waals surface area contributed by atoms with Gasteiger partial charge in [0.15, 0.2) is 0 Å². The van der Waals surface area contributed by atoms with Gasteiger partial charge in [-0.15, -0.1) is 0 Å². The zero-order valence-electron chi connectivity index (χ0n) is 10.5. The van der Waals surface area contributed by atoms with Crippen LogP contribution in [0.25, 0.3) is 0 Å². The third-order valence-electron chi connectivity index (χ3n) is 2.45. The Labute approximate surface area is 102 Å². The molecule has 98 valence electrons. The number of likely N-dealkylation sites (N-methyl/N-ethyl adjacent to an activating group) is 1. The Morgan fingerprint density at radius 2 is 2.12 bits per heavy atom. The van der Waals surface area contributed by atoms with Gasteiger partial charge in [-0.3, -0.25) is 0 Å². The summed E-state index contributed by atoms with van der Waals surface area (Å²) in [5.74, 6) is 0. The highest BCUT2D eigenvalue weighted by atomic mass is 32.2. The predicted octanol–water partition coefficient (Wildman–Crippen LogP) is -0.676. The fourth-order valence-electron chi connectivity index (χ4n) is 1.41. The molecule has 1 aromatic rings. The normalized spacial score (nSPS) is 12.3. The highest BCUT2D eigenvalue weighted by molar-refractivity contribution is 7.89. The van der Waals surface area contributed by atoms with Crippen molar-refractivity contribution in [3.05, 3.63) is 18.0 Å². The van der Waals surface area contributed by atoms with Crippen LogP contribution in [-0.2, 0) is 23.6 Å². The molecule has 0 saturated heterocycles. The molecule has 1 aromatic heterocycles. The molecule has 0 fully saturated rings. The summed E-state index contributed by atoms with van der Waals surface area (Å²) < 4.78 is 28.1. The van der Waals surface area contributed by atoms with E-state index in [-0.39, 0.29) is 4.90 Å². The molecule has 0 spiro atoms. The van der Waals surface area contributed by atoms with Crippen molar-refractivity contribution in [1.29, 1.82) is 0 Å². The van der Waals surface area contributed by atoms with E-state index in [1.54, 1.807) is 23.9 Å². The van der Waals surface area contributed by atoms with Crippen molar-refractivity contribution in [2.45, 2.75) is 11.4 Å². The lowest BCUT2D eigenvalue weighted by Crippen LogP contribution is -2.31. The summed E-state index contributed by atoms with van der Waals surface area (Å²) in [6.07, 6.45) is 1.57.